The van der Waals surface area contributed by atoms with Crippen LogP contribution in [0.1, 0.15) is 0 Å². The lowest BCUT2D eigenvalue weighted by atomic mass is 10.5. The highest BCUT2D eigenvalue weighted by Gasteiger charge is 2.00. The summed E-state index contributed by atoms with van der Waals surface area (Å²) in [6, 6.07) is 1.87. The molecule has 0 unspecified atom stereocenters. The second-order valence-corrected chi connectivity index (χ2v) is 3.05. The van der Waals surface area contributed by atoms with Crippen molar-refractivity contribution in [2.45, 2.75) is 0 Å². The quantitative estimate of drug-likeness (QED) is 0.616. The fourth-order valence-corrected chi connectivity index (χ4v) is 1.20. The van der Waals surface area contributed by atoms with E-state index in [9.17, 15) is 0 Å². The van der Waals surface area contributed by atoms with E-state index in [1.807, 2.05) is 6.07 Å². The summed E-state index contributed by atoms with van der Waals surface area (Å²) in [6.45, 7) is 3.61. The van der Waals surface area contributed by atoms with Crippen molar-refractivity contribution < 1.29 is 0 Å². The Morgan fingerprint density at radius 2 is 2.18 bits per heavy atom. The maximum absolute atomic E-state index is 4.06. The molecule has 2 heterocycles. The molecule has 54 valence electrons. The van der Waals surface area contributed by atoms with Crippen LogP contribution in [0.2, 0.25) is 0 Å². The lowest BCUT2D eigenvalue weighted by Gasteiger charge is -1.82. The first-order valence-corrected chi connectivity index (χ1v) is 3.83. The maximum atomic E-state index is 4.06. The SMILES string of the molecule is C=C1N=c2cc(Br)cnc2=N1. The smallest absolute Gasteiger partial charge is 0.180 e. The molecule has 0 fully saturated rings. The maximum Gasteiger partial charge on any atom is 0.180 e. The van der Waals surface area contributed by atoms with Gasteiger partial charge in [-0.1, -0.05) is 6.58 Å². The van der Waals surface area contributed by atoms with Gasteiger partial charge in [0.15, 0.2) is 5.49 Å². The standard InChI is InChI=1S/C7H4BrN3/c1-4-10-6-2-5(8)3-9-7(6)11-4/h2-3H,1H2. The van der Waals surface area contributed by atoms with Gasteiger partial charge in [0.05, 0.1) is 0 Å². The molecule has 1 aromatic rings. The molecular weight excluding hydrogens is 206 g/mol. The van der Waals surface area contributed by atoms with E-state index in [1.165, 1.54) is 0 Å². The molecule has 0 saturated heterocycles. The number of rotatable bonds is 0. The average Bonchev–Trinajstić information content (AvgIpc) is 2.27. The third-order valence-electron chi connectivity index (χ3n) is 1.30. The zero-order valence-corrected chi connectivity index (χ0v) is 7.17. The molecule has 4 heteroatoms. The highest BCUT2D eigenvalue weighted by Crippen LogP contribution is 2.02. The fraction of sp³-hybridized carbons (Fsp3) is 0. The predicted octanol–water partition coefficient (Wildman–Crippen LogP) is 0.568. The van der Waals surface area contributed by atoms with Crippen molar-refractivity contribution in [2.24, 2.45) is 9.98 Å². The van der Waals surface area contributed by atoms with E-state index in [2.05, 4.69) is 37.5 Å². The molecule has 0 bridgehead atoms. The van der Waals surface area contributed by atoms with Crippen LogP contribution in [-0.4, -0.2) is 4.98 Å². The number of halogens is 1. The second-order valence-electron chi connectivity index (χ2n) is 2.14. The summed E-state index contributed by atoms with van der Waals surface area (Å²) in [6.07, 6.45) is 1.69. The van der Waals surface area contributed by atoms with Crippen molar-refractivity contribution in [2.75, 3.05) is 0 Å². The van der Waals surface area contributed by atoms with Crippen molar-refractivity contribution in [3.05, 3.63) is 40.0 Å². The minimum absolute atomic E-state index is 0.519. The molecule has 11 heavy (non-hydrogen) atoms. The van der Waals surface area contributed by atoms with Gasteiger partial charge in [-0.05, 0) is 22.0 Å². The van der Waals surface area contributed by atoms with E-state index in [4.69, 9.17) is 0 Å². The van der Waals surface area contributed by atoms with E-state index in [1.54, 1.807) is 6.20 Å². The Balaban J connectivity index is 2.89. The van der Waals surface area contributed by atoms with Crippen molar-refractivity contribution in [3.63, 3.8) is 0 Å². The first-order valence-electron chi connectivity index (χ1n) is 3.03. The minimum atomic E-state index is 0.519. The monoisotopic (exact) mass is 209 g/mol. The van der Waals surface area contributed by atoms with Gasteiger partial charge in [0, 0.05) is 10.7 Å². The molecule has 2 rings (SSSR count). The zero-order valence-electron chi connectivity index (χ0n) is 5.58. The van der Waals surface area contributed by atoms with Gasteiger partial charge in [-0.3, -0.25) is 0 Å². The van der Waals surface area contributed by atoms with Gasteiger partial charge < -0.3 is 0 Å². The van der Waals surface area contributed by atoms with Gasteiger partial charge in [-0.15, -0.1) is 0 Å². The molecule has 0 atom stereocenters. The molecule has 0 radical (unpaired) electrons. The summed E-state index contributed by atoms with van der Waals surface area (Å²) in [4.78, 5) is 12.1. The van der Waals surface area contributed by atoms with E-state index >= 15 is 0 Å². The van der Waals surface area contributed by atoms with Crippen LogP contribution < -0.4 is 10.8 Å². The normalized spacial score (nSPS) is 13.7. The van der Waals surface area contributed by atoms with E-state index in [-0.39, 0.29) is 0 Å². The topological polar surface area (TPSA) is 37.6 Å². The molecule has 1 aliphatic heterocycles. The molecule has 3 nitrogen and oxygen atoms in total. The van der Waals surface area contributed by atoms with E-state index in [0.29, 0.717) is 11.3 Å². The first-order chi connectivity index (χ1) is 5.25. The molecular formula is C7H4BrN3. The molecule has 0 amide bonds. The summed E-state index contributed by atoms with van der Waals surface area (Å²) in [5.74, 6) is 0.519. The van der Waals surface area contributed by atoms with Crippen LogP contribution in [0.5, 0.6) is 0 Å². The van der Waals surface area contributed by atoms with Gasteiger partial charge in [-0.2, -0.15) is 0 Å². The molecule has 1 aromatic heterocycles. The Bertz CT molecular complexity index is 435. The molecule has 0 spiro atoms. The molecule has 1 aliphatic rings. The number of aromatic nitrogens is 1. The van der Waals surface area contributed by atoms with Crippen molar-refractivity contribution >= 4 is 15.9 Å². The van der Waals surface area contributed by atoms with Crippen LogP contribution in [0.3, 0.4) is 0 Å². The Hall–Kier alpha value is -1.03. The highest BCUT2D eigenvalue weighted by atomic mass is 79.9. The van der Waals surface area contributed by atoms with Crippen LogP contribution >= 0.6 is 15.9 Å². The van der Waals surface area contributed by atoms with Crippen LogP contribution in [0, 0.1) is 0 Å². The van der Waals surface area contributed by atoms with Crippen molar-refractivity contribution in [1.29, 1.82) is 0 Å². The van der Waals surface area contributed by atoms with Crippen molar-refractivity contribution in [3.8, 4) is 0 Å². The number of hydrogen-bond donors (Lipinski definition) is 0. The molecule has 0 N–H and O–H groups in total. The minimum Gasteiger partial charge on any atom is -0.234 e. The Labute approximate surface area is 71.3 Å². The molecule has 0 aromatic carbocycles. The predicted molar refractivity (Wildman–Crippen MR) is 43.4 cm³/mol. The highest BCUT2D eigenvalue weighted by molar-refractivity contribution is 9.10. The second kappa shape index (κ2) is 2.23. The average molecular weight is 210 g/mol. The van der Waals surface area contributed by atoms with Gasteiger partial charge in [0.2, 0.25) is 0 Å². The zero-order chi connectivity index (χ0) is 7.84. The van der Waals surface area contributed by atoms with E-state index < -0.39 is 0 Å². The van der Waals surface area contributed by atoms with Gasteiger partial charge in [0.1, 0.15) is 11.2 Å². The number of pyridine rings is 1. The molecule has 0 aliphatic carbocycles. The Morgan fingerprint density at radius 1 is 1.36 bits per heavy atom. The Kier molecular flexibility index (Phi) is 1.35. The van der Waals surface area contributed by atoms with Crippen molar-refractivity contribution in [1.82, 2.24) is 4.98 Å². The molecule has 0 saturated carbocycles. The van der Waals surface area contributed by atoms with Crippen LogP contribution in [0.15, 0.2) is 39.1 Å². The summed E-state index contributed by atoms with van der Waals surface area (Å²) in [5.41, 5.74) is 0.651. The summed E-state index contributed by atoms with van der Waals surface area (Å²) in [5, 5.41) is 0.782. The summed E-state index contributed by atoms with van der Waals surface area (Å²) < 4.78 is 0.907. The van der Waals surface area contributed by atoms with Crippen LogP contribution in [0.4, 0.5) is 0 Å². The van der Waals surface area contributed by atoms with Gasteiger partial charge >= 0.3 is 0 Å². The lowest BCUT2D eigenvalue weighted by Crippen LogP contribution is -2.24. The van der Waals surface area contributed by atoms with Gasteiger partial charge in [0.25, 0.3) is 0 Å². The third-order valence-corrected chi connectivity index (χ3v) is 1.73. The third kappa shape index (κ3) is 1.09. The number of fused-ring (bicyclic) bond motifs is 1. The lowest BCUT2D eigenvalue weighted by molar-refractivity contribution is 1.12. The Morgan fingerprint density at radius 3 is 3.00 bits per heavy atom. The number of nitrogens with zero attached hydrogens (tertiary/aromatic N) is 3. The fourth-order valence-electron chi connectivity index (χ4n) is 0.876. The summed E-state index contributed by atoms with van der Waals surface area (Å²) in [7, 11) is 0. The van der Waals surface area contributed by atoms with E-state index in [0.717, 1.165) is 9.83 Å². The van der Waals surface area contributed by atoms with Crippen LogP contribution in [0.25, 0.3) is 0 Å². The summed E-state index contributed by atoms with van der Waals surface area (Å²) >= 11 is 3.29. The van der Waals surface area contributed by atoms with Gasteiger partial charge in [-0.25, -0.2) is 15.0 Å². The number of hydrogen-bond acceptors (Lipinski definition) is 3. The largest absolute Gasteiger partial charge is 0.234 e. The first kappa shape index (κ1) is 6.67. The van der Waals surface area contributed by atoms with Crippen LogP contribution in [-0.2, 0) is 0 Å².